The van der Waals surface area contributed by atoms with Gasteiger partial charge in [0.15, 0.2) is 13.5 Å². The Bertz CT molecular complexity index is 406. The van der Waals surface area contributed by atoms with Crippen molar-refractivity contribution in [2.75, 3.05) is 13.5 Å². The van der Waals surface area contributed by atoms with Crippen molar-refractivity contribution >= 4 is 11.4 Å². The zero-order valence-corrected chi connectivity index (χ0v) is 8.69. The standard InChI is InChI=1S/C12H12N2O2/c1-2-10(12-6-16-8-14-12)4-3-9(1)11-5-15-7-13-11/h1-6,13-14H,7-8H2. The van der Waals surface area contributed by atoms with Crippen LogP contribution in [-0.4, -0.2) is 13.5 Å². The molecule has 0 saturated heterocycles. The van der Waals surface area contributed by atoms with Gasteiger partial charge in [0.1, 0.15) is 12.5 Å². The first kappa shape index (κ1) is 9.15. The summed E-state index contributed by atoms with van der Waals surface area (Å²) < 4.78 is 10.2. The van der Waals surface area contributed by atoms with Gasteiger partial charge in [-0.15, -0.1) is 0 Å². The summed E-state index contributed by atoms with van der Waals surface area (Å²) in [6, 6.07) is 8.24. The molecular weight excluding hydrogens is 204 g/mol. The first-order valence-electron chi connectivity index (χ1n) is 5.15. The van der Waals surface area contributed by atoms with Gasteiger partial charge in [-0.25, -0.2) is 0 Å². The molecule has 0 atom stereocenters. The first-order chi connectivity index (χ1) is 7.93. The Morgan fingerprint density at radius 1 is 0.750 bits per heavy atom. The molecule has 0 aliphatic carbocycles. The van der Waals surface area contributed by atoms with Crippen LogP contribution >= 0.6 is 0 Å². The van der Waals surface area contributed by atoms with E-state index in [2.05, 4.69) is 34.9 Å². The highest BCUT2D eigenvalue weighted by Crippen LogP contribution is 2.19. The Labute approximate surface area is 93.6 Å². The van der Waals surface area contributed by atoms with E-state index in [9.17, 15) is 0 Å². The van der Waals surface area contributed by atoms with E-state index in [0.29, 0.717) is 13.5 Å². The molecule has 0 bridgehead atoms. The fourth-order valence-corrected chi connectivity index (χ4v) is 1.74. The molecule has 82 valence electrons. The number of benzene rings is 1. The second-order valence-corrected chi connectivity index (χ2v) is 3.62. The zero-order valence-electron chi connectivity index (χ0n) is 8.69. The fraction of sp³-hybridized carbons (Fsp3) is 0.167. The van der Waals surface area contributed by atoms with Crippen molar-refractivity contribution in [1.82, 2.24) is 10.6 Å². The van der Waals surface area contributed by atoms with Gasteiger partial charge in [-0.05, 0) is 0 Å². The lowest BCUT2D eigenvalue weighted by Gasteiger charge is -2.05. The van der Waals surface area contributed by atoms with Crippen LogP contribution in [0.1, 0.15) is 11.1 Å². The summed E-state index contributed by atoms with van der Waals surface area (Å²) in [6.07, 6.45) is 3.48. The molecule has 2 aliphatic rings. The average Bonchev–Trinajstić information content (AvgIpc) is 3.03. The van der Waals surface area contributed by atoms with Crippen molar-refractivity contribution in [3.63, 3.8) is 0 Å². The summed E-state index contributed by atoms with van der Waals surface area (Å²) in [7, 11) is 0. The molecule has 0 aromatic heterocycles. The van der Waals surface area contributed by atoms with Crippen molar-refractivity contribution in [3.05, 3.63) is 47.9 Å². The molecule has 0 saturated carbocycles. The Morgan fingerprint density at radius 3 is 1.50 bits per heavy atom. The van der Waals surface area contributed by atoms with Crippen LogP contribution in [0.4, 0.5) is 0 Å². The van der Waals surface area contributed by atoms with Gasteiger partial charge in [-0.1, -0.05) is 24.3 Å². The first-order valence-corrected chi connectivity index (χ1v) is 5.15. The van der Waals surface area contributed by atoms with Gasteiger partial charge in [0.25, 0.3) is 0 Å². The summed E-state index contributed by atoms with van der Waals surface area (Å²) in [5.74, 6) is 0. The number of hydrogen-bond donors (Lipinski definition) is 2. The van der Waals surface area contributed by atoms with Crippen molar-refractivity contribution < 1.29 is 9.47 Å². The second kappa shape index (κ2) is 3.81. The normalized spacial score (nSPS) is 17.8. The summed E-state index contributed by atoms with van der Waals surface area (Å²) in [4.78, 5) is 0. The van der Waals surface area contributed by atoms with E-state index >= 15 is 0 Å². The maximum Gasteiger partial charge on any atom is 0.158 e. The Balaban J connectivity index is 1.84. The zero-order chi connectivity index (χ0) is 10.8. The van der Waals surface area contributed by atoms with Crippen LogP contribution < -0.4 is 10.6 Å². The average molecular weight is 216 g/mol. The van der Waals surface area contributed by atoms with Gasteiger partial charge >= 0.3 is 0 Å². The fourth-order valence-electron chi connectivity index (χ4n) is 1.74. The third kappa shape index (κ3) is 1.58. The largest absolute Gasteiger partial charge is 0.479 e. The van der Waals surface area contributed by atoms with Crippen molar-refractivity contribution in [1.29, 1.82) is 0 Å². The number of nitrogens with one attached hydrogen (secondary N) is 2. The lowest BCUT2D eigenvalue weighted by molar-refractivity contribution is 0.267. The molecule has 0 unspecified atom stereocenters. The van der Waals surface area contributed by atoms with Crippen LogP contribution in [0, 0.1) is 0 Å². The highest BCUT2D eigenvalue weighted by atomic mass is 16.5. The van der Waals surface area contributed by atoms with E-state index in [1.165, 1.54) is 0 Å². The predicted octanol–water partition coefficient (Wildman–Crippen LogP) is 1.44. The highest BCUT2D eigenvalue weighted by Gasteiger charge is 2.09. The molecule has 4 nitrogen and oxygen atoms in total. The molecular formula is C12H12N2O2. The minimum absolute atomic E-state index is 0.553. The van der Waals surface area contributed by atoms with Gasteiger partial charge in [-0.2, -0.15) is 0 Å². The van der Waals surface area contributed by atoms with Gasteiger partial charge in [0, 0.05) is 11.1 Å². The SMILES string of the molecule is C1=C(c2ccc(C3=COCN3)cc2)NCO1. The quantitative estimate of drug-likeness (QED) is 0.785. The minimum atomic E-state index is 0.553. The van der Waals surface area contributed by atoms with E-state index < -0.39 is 0 Å². The molecule has 4 heteroatoms. The maximum absolute atomic E-state index is 5.12. The molecule has 2 heterocycles. The third-order valence-electron chi connectivity index (χ3n) is 2.60. The van der Waals surface area contributed by atoms with Crippen LogP contribution in [0.2, 0.25) is 0 Å². The summed E-state index contributed by atoms with van der Waals surface area (Å²) in [6.45, 7) is 1.11. The minimum Gasteiger partial charge on any atom is -0.479 e. The smallest absolute Gasteiger partial charge is 0.158 e. The van der Waals surface area contributed by atoms with E-state index in [1.54, 1.807) is 12.5 Å². The number of ether oxygens (including phenoxy) is 2. The molecule has 0 radical (unpaired) electrons. The van der Waals surface area contributed by atoms with Crippen molar-refractivity contribution in [3.8, 4) is 0 Å². The van der Waals surface area contributed by atoms with Crippen molar-refractivity contribution in [2.24, 2.45) is 0 Å². The molecule has 16 heavy (non-hydrogen) atoms. The van der Waals surface area contributed by atoms with E-state index in [4.69, 9.17) is 9.47 Å². The number of rotatable bonds is 2. The van der Waals surface area contributed by atoms with Gasteiger partial charge in [0.2, 0.25) is 0 Å². The van der Waals surface area contributed by atoms with Crippen molar-refractivity contribution in [2.45, 2.75) is 0 Å². The molecule has 2 aliphatic heterocycles. The summed E-state index contributed by atoms with van der Waals surface area (Å²) in [5.41, 5.74) is 4.30. The van der Waals surface area contributed by atoms with Crippen LogP contribution in [0.5, 0.6) is 0 Å². The van der Waals surface area contributed by atoms with Crippen LogP contribution in [0.3, 0.4) is 0 Å². The maximum atomic E-state index is 5.12. The van der Waals surface area contributed by atoms with E-state index in [0.717, 1.165) is 22.5 Å². The van der Waals surface area contributed by atoms with Crippen LogP contribution in [0.25, 0.3) is 11.4 Å². The molecule has 1 aromatic rings. The molecule has 0 fully saturated rings. The Morgan fingerprint density at radius 2 is 1.19 bits per heavy atom. The lowest BCUT2D eigenvalue weighted by Crippen LogP contribution is -2.08. The topological polar surface area (TPSA) is 42.5 Å². The lowest BCUT2D eigenvalue weighted by atomic mass is 10.1. The van der Waals surface area contributed by atoms with Gasteiger partial charge in [0.05, 0.1) is 11.4 Å². The Hall–Kier alpha value is -2.10. The van der Waals surface area contributed by atoms with E-state index in [1.807, 2.05) is 0 Å². The molecule has 1 aromatic carbocycles. The monoisotopic (exact) mass is 216 g/mol. The molecule has 0 amide bonds. The predicted molar refractivity (Wildman–Crippen MR) is 60.6 cm³/mol. The Kier molecular flexibility index (Phi) is 2.18. The third-order valence-corrected chi connectivity index (χ3v) is 2.60. The van der Waals surface area contributed by atoms with Crippen LogP contribution in [-0.2, 0) is 9.47 Å². The summed E-state index contributed by atoms with van der Waals surface area (Å²) in [5, 5.41) is 6.29. The van der Waals surface area contributed by atoms with Crippen LogP contribution in [0.15, 0.2) is 36.8 Å². The highest BCUT2D eigenvalue weighted by molar-refractivity contribution is 5.69. The second-order valence-electron chi connectivity index (χ2n) is 3.62. The molecule has 3 rings (SSSR count). The van der Waals surface area contributed by atoms with Gasteiger partial charge < -0.3 is 20.1 Å². The number of hydrogen-bond acceptors (Lipinski definition) is 4. The molecule has 0 spiro atoms. The van der Waals surface area contributed by atoms with Gasteiger partial charge in [-0.3, -0.25) is 0 Å². The van der Waals surface area contributed by atoms with E-state index in [-0.39, 0.29) is 0 Å². The summed E-state index contributed by atoms with van der Waals surface area (Å²) >= 11 is 0. The molecule has 2 N–H and O–H groups in total.